The Kier molecular flexibility index (Phi) is 4.44. The van der Waals surface area contributed by atoms with Crippen LogP contribution in [0.15, 0.2) is 36.7 Å². The first-order valence-electron chi connectivity index (χ1n) is 8.68. The molecule has 26 heavy (non-hydrogen) atoms. The normalized spacial score (nSPS) is 19.9. The number of para-hydroxylation sites is 2. The number of aromatic nitrogens is 4. The Morgan fingerprint density at radius 3 is 3.04 bits per heavy atom. The lowest BCUT2D eigenvalue weighted by Gasteiger charge is -2.27. The average Bonchev–Trinajstić information content (AvgIpc) is 3.38. The first-order valence-corrected chi connectivity index (χ1v) is 8.68. The van der Waals surface area contributed by atoms with Gasteiger partial charge in [0, 0.05) is 6.54 Å². The number of H-pyrrole nitrogens is 1. The molecule has 1 aliphatic rings. The minimum Gasteiger partial charge on any atom is -0.388 e. The van der Waals surface area contributed by atoms with Crippen LogP contribution >= 0.6 is 0 Å². The van der Waals surface area contributed by atoms with Crippen molar-refractivity contribution < 1.29 is 14.6 Å². The number of aliphatic hydroxyl groups excluding tert-OH is 1. The van der Waals surface area contributed by atoms with Gasteiger partial charge in [0.1, 0.15) is 5.69 Å². The number of hydrogen-bond acceptors (Lipinski definition) is 5. The van der Waals surface area contributed by atoms with Gasteiger partial charge < -0.3 is 19.3 Å². The van der Waals surface area contributed by atoms with Crippen molar-refractivity contribution in [2.75, 3.05) is 19.8 Å². The third-order valence-electron chi connectivity index (χ3n) is 4.74. The van der Waals surface area contributed by atoms with E-state index in [1.165, 1.54) is 0 Å². The van der Waals surface area contributed by atoms with Gasteiger partial charge in [0.25, 0.3) is 5.91 Å². The minimum atomic E-state index is -0.658. The smallest absolute Gasteiger partial charge is 0.274 e. The maximum absolute atomic E-state index is 12.8. The zero-order chi connectivity index (χ0) is 18.1. The third-order valence-corrected chi connectivity index (χ3v) is 4.74. The van der Waals surface area contributed by atoms with E-state index in [0.717, 1.165) is 16.7 Å². The fourth-order valence-electron chi connectivity index (χ4n) is 3.38. The van der Waals surface area contributed by atoms with Gasteiger partial charge in [-0.2, -0.15) is 5.10 Å². The molecule has 1 saturated heterocycles. The molecule has 0 bridgehead atoms. The number of rotatable bonds is 5. The van der Waals surface area contributed by atoms with Crippen LogP contribution in [-0.2, 0) is 11.3 Å². The van der Waals surface area contributed by atoms with Gasteiger partial charge in [-0.3, -0.25) is 9.89 Å². The van der Waals surface area contributed by atoms with Crippen LogP contribution in [0.4, 0.5) is 0 Å². The molecule has 0 aliphatic carbocycles. The Morgan fingerprint density at radius 1 is 1.42 bits per heavy atom. The van der Waals surface area contributed by atoms with E-state index in [9.17, 15) is 9.90 Å². The zero-order valence-corrected chi connectivity index (χ0v) is 14.5. The van der Waals surface area contributed by atoms with Crippen molar-refractivity contribution in [1.29, 1.82) is 0 Å². The summed E-state index contributed by atoms with van der Waals surface area (Å²) >= 11 is 0. The molecule has 1 fully saturated rings. The van der Waals surface area contributed by atoms with Gasteiger partial charge in [-0.15, -0.1) is 0 Å². The maximum atomic E-state index is 12.8. The van der Waals surface area contributed by atoms with Gasteiger partial charge >= 0.3 is 0 Å². The quantitative estimate of drug-likeness (QED) is 0.713. The number of carbonyl (C=O) groups is 1. The summed E-state index contributed by atoms with van der Waals surface area (Å²) < 4.78 is 7.28. The SMILES string of the molecule is CCN(C(=O)c1cc(Cn2cnc3ccccc32)[nH]n1)[C@H]1COC[C@@H]1O. The molecule has 0 spiro atoms. The lowest BCUT2D eigenvalue weighted by atomic mass is 10.1. The Balaban J connectivity index is 1.52. The number of nitrogens with zero attached hydrogens (tertiary/aromatic N) is 4. The second-order valence-electron chi connectivity index (χ2n) is 6.40. The predicted octanol–water partition coefficient (Wildman–Crippen LogP) is 1.03. The van der Waals surface area contributed by atoms with Crippen molar-refractivity contribution in [3.8, 4) is 0 Å². The number of hydrogen-bond donors (Lipinski definition) is 2. The molecule has 8 heteroatoms. The van der Waals surface area contributed by atoms with Crippen LogP contribution in [0.1, 0.15) is 23.1 Å². The van der Waals surface area contributed by atoms with Crippen molar-refractivity contribution in [3.63, 3.8) is 0 Å². The average molecular weight is 355 g/mol. The summed E-state index contributed by atoms with van der Waals surface area (Å²) in [6.45, 7) is 3.52. The Bertz CT molecular complexity index is 918. The number of ether oxygens (including phenoxy) is 1. The van der Waals surface area contributed by atoms with Crippen molar-refractivity contribution in [3.05, 3.63) is 48.0 Å². The van der Waals surface area contributed by atoms with Crippen LogP contribution in [0.3, 0.4) is 0 Å². The first kappa shape index (κ1) is 16.7. The summed E-state index contributed by atoms with van der Waals surface area (Å²) in [5.41, 5.74) is 3.10. The number of aliphatic hydroxyl groups is 1. The van der Waals surface area contributed by atoms with E-state index >= 15 is 0 Å². The van der Waals surface area contributed by atoms with Crippen molar-refractivity contribution >= 4 is 16.9 Å². The van der Waals surface area contributed by atoms with E-state index < -0.39 is 6.10 Å². The first-order chi connectivity index (χ1) is 12.7. The molecule has 4 rings (SSSR count). The fraction of sp³-hybridized carbons (Fsp3) is 0.389. The van der Waals surface area contributed by atoms with Crippen LogP contribution in [-0.4, -0.2) is 67.6 Å². The highest BCUT2D eigenvalue weighted by Crippen LogP contribution is 2.17. The zero-order valence-electron chi connectivity index (χ0n) is 14.5. The number of carbonyl (C=O) groups excluding carboxylic acids is 1. The number of nitrogens with one attached hydrogen (secondary N) is 1. The van der Waals surface area contributed by atoms with E-state index in [-0.39, 0.29) is 18.6 Å². The summed E-state index contributed by atoms with van der Waals surface area (Å²) in [6.07, 6.45) is 1.12. The molecule has 3 aromatic rings. The highest BCUT2D eigenvalue weighted by atomic mass is 16.5. The second-order valence-corrected chi connectivity index (χ2v) is 6.40. The largest absolute Gasteiger partial charge is 0.388 e. The number of benzene rings is 1. The van der Waals surface area contributed by atoms with E-state index in [1.807, 2.05) is 35.8 Å². The highest BCUT2D eigenvalue weighted by molar-refractivity contribution is 5.92. The van der Waals surface area contributed by atoms with Crippen LogP contribution < -0.4 is 0 Å². The van der Waals surface area contributed by atoms with E-state index in [1.54, 1.807) is 17.3 Å². The van der Waals surface area contributed by atoms with Gasteiger partial charge in [0.05, 0.1) is 55.0 Å². The molecule has 2 aromatic heterocycles. The Morgan fingerprint density at radius 2 is 2.27 bits per heavy atom. The second kappa shape index (κ2) is 6.89. The topological polar surface area (TPSA) is 96.3 Å². The molecule has 1 aliphatic heterocycles. The molecule has 2 atom stereocenters. The number of amides is 1. The summed E-state index contributed by atoms with van der Waals surface area (Å²) in [4.78, 5) is 18.8. The summed E-state index contributed by atoms with van der Waals surface area (Å²) in [5.74, 6) is -0.208. The fourth-order valence-corrected chi connectivity index (χ4v) is 3.38. The van der Waals surface area contributed by atoms with E-state index in [4.69, 9.17) is 4.74 Å². The van der Waals surface area contributed by atoms with Gasteiger partial charge in [-0.1, -0.05) is 12.1 Å². The van der Waals surface area contributed by atoms with Gasteiger partial charge in [-0.05, 0) is 25.1 Å². The molecule has 3 heterocycles. The van der Waals surface area contributed by atoms with Crippen molar-refractivity contribution in [2.45, 2.75) is 25.6 Å². The molecule has 0 saturated carbocycles. The van der Waals surface area contributed by atoms with E-state index in [0.29, 0.717) is 25.4 Å². The minimum absolute atomic E-state index is 0.208. The third kappa shape index (κ3) is 2.97. The predicted molar refractivity (Wildman–Crippen MR) is 94.7 cm³/mol. The standard InChI is InChI=1S/C18H21N5O3/c1-2-23(16-9-26-10-17(16)24)18(25)14-7-12(20-21-14)8-22-11-19-13-5-3-4-6-15(13)22/h3-7,11,16-17,24H,2,8-10H2,1H3,(H,20,21)/t16-,17-/m0/s1. The van der Waals surface area contributed by atoms with Crippen molar-refractivity contribution in [2.24, 2.45) is 0 Å². The lowest BCUT2D eigenvalue weighted by molar-refractivity contribution is 0.0515. The van der Waals surface area contributed by atoms with E-state index in [2.05, 4.69) is 15.2 Å². The maximum Gasteiger partial charge on any atom is 0.274 e. The number of fused-ring (bicyclic) bond motifs is 1. The molecule has 0 unspecified atom stereocenters. The van der Waals surface area contributed by atoms with Crippen LogP contribution in [0.2, 0.25) is 0 Å². The molecule has 0 radical (unpaired) electrons. The van der Waals surface area contributed by atoms with Gasteiger partial charge in [-0.25, -0.2) is 4.98 Å². The molecule has 136 valence electrons. The van der Waals surface area contributed by atoms with Crippen LogP contribution in [0.25, 0.3) is 11.0 Å². The number of aromatic amines is 1. The molecule has 2 N–H and O–H groups in total. The monoisotopic (exact) mass is 355 g/mol. The molecular formula is C18H21N5O3. The van der Waals surface area contributed by atoms with Gasteiger partial charge in [0.2, 0.25) is 0 Å². The molecule has 1 aromatic carbocycles. The summed E-state index contributed by atoms with van der Waals surface area (Å²) in [7, 11) is 0. The number of imidazole rings is 1. The van der Waals surface area contributed by atoms with Crippen LogP contribution in [0.5, 0.6) is 0 Å². The molecular weight excluding hydrogens is 334 g/mol. The van der Waals surface area contributed by atoms with Gasteiger partial charge in [0.15, 0.2) is 0 Å². The van der Waals surface area contributed by atoms with Crippen molar-refractivity contribution in [1.82, 2.24) is 24.6 Å². The summed E-state index contributed by atoms with van der Waals surface area (Å²) in [6, 6.07) is 9.31. The number of likely N-dealkylation sites (N-methyl/N-ethyl adjacent to an activating group) is 1. The van der Waals surface area contributed by atoms with Crippen LogP contribution in [0, 0.1) is 0 Å². The molecule has 1 amide bonds. The summed E-state index contributed by atoms with van der Waals surface area (Å²) in [5, 5.41) is 17.1. The molecule has 8 nitrogen and oxygen atoms in total. The highest BCUT2D eigenvalue weighted by Gasteiger charge is 2.34. The Hall–Kier alpha value is -2.71. The Labute approximate surface area is 150 Å². The lowest BCUT2D eigenvalue weighted by Crippen LogP contribution is -2.46.